The number of ether oxygens (including phenoxy) is 1. The van der Waals surface area contributed by atoms with Crippen LogP contribution in [0.4, 0.5) is 0 Å². The third-order valence-electron chi connectivity index (χ3n) is 3.58. The van der Waals surface area contributed by atoms with Crippen LogP contribution in [-0.2, 0) is 19.4 Å². The molecule has 2 atom stereocenters. The van der Waals surface area contributed by atoms with Crippen LogP contribution in [0.1, 0.15) is 39.5 Å². The summed E-state index contributed by atoms with van der Waals surface area (Å²) in [7, 11) is -2.13. The normalized spacial score (nSPS) is 26.8. The molecule has 0 aromatic rings. The van der Waals surface area contributed by atoms with E-state index in [1.54, 1.807) is 7.11 Å². The lowest BCUT2D eigenvalue weighted by atomic mass is 9.97. The lowest BCUT2D eigenvalue weighted by Crippen LogP contribution is -2.47. The molecule has 2 unspecified atom stereocenters. The van der Waals surface area contributed by atoms with Crippen molar-refractivity contribution in [3.63, 3.8) is 0 Å². The van der Waals surface area contributed by atoms with E-state index in [4.69, 9.17) is 9.84 Å². The Kier molecular flexibility index (Phi) is 4.19. The van der Waals surface area contributed by atoms with Crippen LogP contribution in [0.15, 0.2) is 0 Å². The first-order valence-corrected chi connectivity index (χ1v) is 7.27. The summed E-state index contributed by atoms with van der Waals surface area (Å²) in [5.41, 5.74) is 0. The van der Waals surface area contributed by atoms with Crippen LogP contribution in [0, 0.1) is 0 Å². The Morgan fingerprint density at radius 3 is 2.41 bits per heavy atom. The van der Waals surface area contributed by atoms with Crippen molar-refractivity contribution in [3.8, 4) is 0 Å². The predicted octanol–water partition coefficient (Wildman–Crippen LogP) is 1.22. The molecule has 0 bridgehead atoms. The van der Waals surface area contributed by atoms with E-state index in [0.717, 1.165) is 12.8 Å². The Bertz CT molecular complexity index is 385. The molecule has 0 spiro atoms. The van der Waals surface area contributed by atoms with Crippen molar-refractivity contribution in [2.75, 3.05) is 7.11 Å². The van der Waals surface area contributed by atoms with Crippen molar-refractivity contribution in [3.05, 3.63) is 0 Å². The fourth-order valence-corrected chi connectivity index (χ4v) is 4.16. The maximum Gasteiger partial charge on any atom is 0.324 e. The van der Waals surface area contributed by atoms with E-state index in [9.17, 15) is 13.2 Å². The Balaban J connectivity index is 2.95. The molecular formula is C11H20O5S. The van der Waals surface area contributed by atoms with Gasteiger partial charge in [0.05, 0.1) is 11.4 Å². The summed E-state index contributed by atoms with van der Waals surface area (Å²) in [6.07, 6.45) is 2.45. The van der Waals surface area contributed by atoms with Gasteiger partial charge in [0.15, 0.2) is 14.6 Å². The summed E-state index contributed by atoms with van der Waals surface area (Å²) in [6, 6.07) is 0. The molecule has 100 valence electrons. The van der Waals surface area contributed by atoms with Gasteiger partial charge in [-0.25, -0.2) is 8.42 Å². The van der Waals surface area contributed by atoms with Crippen molar-refractivity contribution >= 4 is 15.8 Å². The number of carbonyl (C=O) groups is 1. The van der Waals surface area contributed by atoms with E-state index in [-0.39, 0.29) is 6.10 Å². The molecule has 0 saturated heterocycles. The van der Waals surface area contributed by atoms with Gasteiger partial charge in [-0.15, -0.1) is 0 Å². The summed E-state index contributed by atoms with van der Waals surface area (Å²) in [5.74, 6) is -1.29. The van der Waals surface area contributed by atoms with Crippen molar-refractivity contribution < 1.29 is 23.1 Å². The molecule has 1 aliphatic rings. The molecule has 0 radical (unpaired) electrons. The lowest BCUT2D eigenvalue weighted by Gasteiger charge is -2.32. The highest BCUT2D eigenvalue weighted by molar-refractivity contribution is 7.94. The zero-order valence-electron chi connectivity index (χ0n) is 10.5. The third-order valence-corrected chi connectivity index (χ3v) is 6.48. The van der Waals surface area contributed by atoms with Crippen LogP contribution in [0.3, 0.4) is 0 Å². The van der Waals surface area contributed by atoms with Crippen LogP contribution < -0.4 is 0 Å². The summed E-state index contributed by atoms with van der Waals surface area (Å²) in [6.45, 7) is 2.50. The average molecular weight is 264 g/mol. The smallest absolute Gasteiger partial charge is 0.324 e. The Morgan fingerprint density at radius 2 is 1.94 bits per heavy atom. The van der Waals surface area contributed by atoms with Gasteiger partial charge in [-0.05, 0) is 39.5 Å². The first-order valence-electron chi connectivity index (χ1n) is 5.73. The van der Waals surface area contributed by atoms with Crippen LogP contribution in [0.5, 0.6) is 0 Å². The number of carboxylic acids is 1. The van der Waals surface area contributed by atoms with Gasteiger partial charge < -0.3 is 9.84 Å². The van der Waals surface area contributed by atoms with Crippen LogP contribution >= 0.6 is 0 Å². The monoisotopic (exact) mass is 264 g/mol. The molecule has 1 fully saturated rings. The van der Waals surface area contributed by atoms with Crippen molar-refractivity contribution in [2.45, 2.75) is 55.6 Å². The van der Waals surface area contributed by atoms with E-state index in [0.29, 0.717) is 12.8 Å². The summed E-state index contributed by atoms with van der Waals surface area (Å²) < 4.78 is 28.0. The van der Waals surface area contributed by atoms with Crippen molar-refractivity contribution in [2.24, 2.45) is 0 Å². The number of hydrogen-bond donors (Lipinski definition) is 1. The van der Waals surface area contributed by atoms with E-state index >= 15 is 0 Å². The van der Waals surface area contributed by atoms with Gasteiger partial charge in [0.2, 0.25) is 0 Å². The second-order valence-corrected chi connectivity index (χ2v) is 7.78. The molecular weight excluding hydrogens is 244 g/mol. The van der Waals surface area contributed by atoms with Gasteiger partial charge in [-0.3, -0.25) is 4.79 Å². The Labute approximate surface area is 102 Å². The molecule has 0 aromatic carbocycles. The molecule has 1 saturated carbocycles. The minimum absolute atomic E-state index is 0.0758. The molecule has 6 heteroatoms. The standard InChI is InChI=1S/C11H20O5S/c1-11(2,10(12)13)17(14,15)9-6-4-5-8(7-9)16-3/h8-9H,4-7H2,1-3H3,(H,12,13). The van der Waals surface area contributed by atoms with Crippen LogP contribution in [-0.4, -0.2) is 42.7 Å². The first kappa shape index (κ1) is 14.4. The molecule has 5 nitrogen and oxygen atoms in total. The van der Waals surface area contributed by atoms with Gasteiger partial charge in [-0.1, -0.05) is 0 Å². The first-order chi connectivity index (χ1) is 7.73. The number of aliphatic carboxylic acids is 1. The minimum atomic E-state index is -3.68. The lowest BCUT2D eigenvalue weighted by molar-refractivity contribution is -0.139. The molecule has 0 aromatic heterocycles. The number of rotatable bonds is 4. The highest BCUT2D eigenvalue weighted by Crippen LogP contribution is 2.32. The highest BCUT2D eigenvalue weighted by atomic mass is 32.2. The highest BCUT2D eigenvalue weighted by Gasteiger charge is 2.47. The van der Waals surface area contributed by atoms with Crippen molar-refractivity contribution in [1.29, 1.82) is 0 Å². The molecule has 0 heterocycles. The maximum atomic E-state index is 12.3. The average Bonchev–Trinajstić information content (AvgIpc) is 2.28. The van der Waals surface area contributed by atoms with E-state index in [1.807, 2.05) is 0 Å². The van der Waals surface area contributed by atoms with E-state index < -0.39 is 25.8 Å². The Hall–Kier alpha value is -0.620. The van der Waals surface area contributed by atoms with Crippen LogP contribution in [0.25, 0.3) is 0 Å². The summed E-state index contributed by atoms with van der Waals surface area (Å²) in [5, 5.41) is 8.42. The van der Waals surface area contributed by atoms with Gasteiger partial charge >= 0.3 is 5.97 Å². The Morgan fingerprint density at radius 1 is 1.35 bits per heavy atom. The molecule has 1 N–H and O–H groups in total. The topological polar surface area (TPSA) is 80.7 Å². The maximum absolute atomic E-state index is 12.3. The quantitative estimate of drug-likeness (QED) is 0.825. The fourth-order valence-electron chi connectivity index (χ4n) is 2.14. The zero-order valence-corrected chi connectivity index (χ0v) is 11.3. The second-order valence-electron chi connectivity index (χ2n) is 5.01. The van der Waals surface area contributed by atoms with E-state index in [1.165, 1.54) is 13.8 Å². The van der Waals surface area contributed by atoms with E-state index in [2.05, 4.69) is 0 Å². The molecule has 0 amide bonds. The zero-order chi connectivity index (χ0) is 13.3. The largest absolute Gasteiger partial charge is 0.480 e. The summed E-state index contributed by atoms with van der Waals surface area (Å²) in [4.78, 5) is 11.1. The second kappa shape index (κ2) is 4.94. The summed E-state index contributed by atoms with van der Waals surface area (Å²) >= 11 is 0. The number of hydrogen-bond acceptors (Lipinski definition) is 4. The van der Waals surface area contributed by atoms with Crippen molar-refractivity contribution in [1.82, 2.24) is 0 Å². The van der Waals surface area contributed by atoms with Crippen LogP contribution in [0.2, 0.25) is 0 Å². The number of carboxylic acid groups (broad SMARTS) is 1. The fraction of sp³-hybridized carbons (Fsp3) is 0.909. The molecule has 17 heavy (non-hydrogen) atoms. The molecule has 0 aliphatic heterocycles. The predicted molar refractivity (Wildman–Crippen MR) is 63.7 cm³/mol. The minimum Gasteiger partial charge on any atom is -0.480 e. The molecule has 1 aliphatic carbocycles. The number of methoxy groups -OCH3 is 1. The SMILES string of the molecule is COC1CCCC(S(=O)(=O)C(C)(C)C(=O)O)C1. The number of sulfone groups is 1. The van der Waals surface area contributed by atoms with Gasteiger partial charge in [0.25, 0.3) is 0 Å². The van der Waals surface area contributed by atoms with Gasteiger partial charge in [0.1, 0.15) is 0 Å². The van der Waals surface area contributed by atoms with Gasteiger partial charge in [0, 0.05) is 7.11 Å². The van der Waals surface area contributed by atoms with Gasteiger partial charge in [-0.2, -0.15) is 0 Å². The third kappa shape index (κ3) is 2.63. The molecule has 1 rings (SSSR count).